The Morgan fingerprint density at radius 1 is 1.42 bits per heavy atom. The quantitative estimate of drug-likeness (QED) is 0.686. The summed E-state index contributed by atoms with van der Waals surface area (Å²) in [6.07, 6.45) is 2.67. The van der Waals surface area contributed by atoms with Crippen LogP contribution in [0.3, 0.4) is 0 Å². The number of aromatic amines is 1. The van der Waals surface area contributed by atoms with Crippen LogP contribution in [0.15, 0.2) is 6.20 Å². The lowest BCUT2D eigenvalue weighted by molar-refractivity contribution is 1.02. The highest BCUT2D eigenvalue weighted by Crippen LogP contribution is 2.05. The van der Waals surface area contributed by atoms with Crippen molar-refractivity contribution < 1.29 is 0 Å². The van der Waals surface area contributed by atoms with Crippen LogP contribution < -0.4 is 0 Å². The molecule has 0 unspecified atom stereocenters. The predicted octanol–water partition coefficient (Wildman–Crippen LogP) is 1.22. The average molecular weight is 162 g/mol. The molecule has 4 nitrogen and oxygen atoms in total. The Balaban J connectivity index is 2.66. The van der Waals surface area contributed by atoms with E-state index in [1.165, 1.54) is 0 Å². The number of fused-ring (bicyclic) bond motifs is 1. The van der Waals surface area contributed by atoms with E-state index in [2.05, 4.69) is 26.9 Å². The normalized spacial score (nSPS) is 10.8. The minimum absolute atomic E-state index is 0.699. The number of rotatable bonds is 1. The summed E-state index contributed by atoms with van der Waals surface area (Å²) in [7, 11) is 0. The van der Waals surface area contributed by atoms with Crippen molar-refractivity contribution in [2.45, 2.75) is 20.3 Å². The first-order chi connectivity index (χ1) is 5.79. The van der Waals surface area contributed by atoms with Crippen LogP contribution in [0.1, 0.15) is 18.4 Å². The largest absolute Gasteiger partial charge is 0.325 e. The van der Waals surface area contributed by atoms with Crippen molar-refractivity contribution in [1.82, 2.24) is 19.9 Å². The van der Waals surface area contributed by atoms with E-state index in [1.807, 2.05) is 6.92 Å². The van der Waals surface area contributed by atoms with Gasteiger partial charge in [0.05, 0.1) is 11.9 Å². The maximum absolute atomic E-state index is 4.33. The second kappa shape index (κ2) is 2.55. The molecule has 0 aromatic carbocycles. The monoisotopic (exact) mass is 162 g/mol. The Morgan fingerprint density at radius 3 is 3.00 bits per heavy atom. The molecule has 0 saturated heterocycles. The lowest BCUT2D eigenvalue weighted by atomic mass is 10.3. The first-order valence-corrected chi connectivity index (χ1v) is 3.98. The smallest absolute Gasteiger partial charge is 0.197 e. The zero-order chi connectivity index (χ0) is 8.55. The van der Waals surface area contributed by atoms with E-state index < -0.39 is 0 Å². The molecule has 0 amide bonds. The van der Waals surface area contributed by atoms with Crippen LogP contribution in [0.5, 0.6) is 0 Å². The molecular weight excluding hydrogens is 152 g/mol. The lowest BCUT2D eigenvalue weighted by Crippen LogP contribution is -1.89. The van der Waals surface area contributed by atoms with Crippen LogP contribution in [0.4, 0.5) is 0 Å². The molecule has 0 bridgehead atoms. The molecule has 0 radical (unpaired) electrons. The van der Waals surface area contributed by atoms with Gasteiger partial charge in [-0.05, 0) is 13.3 Å². The van der Waals surface area contributed by atoms with E-state index in [9.17, 15) is 0 Å². The van der Waals surface area contributed by atoms with E-state index in [-0.39, 0.29) is 0 Å². The summed E-state index contributed by atoms with van der Waals surface area (Å²) < 4.78 is 0. The first kappa shape index (κ1) is 7.21. The van der Waals surface area contributed by atoms with Gasteiger partial charge in [-0.3, -0.25) is 0 Å². The van der Waals surface area contributed by atoms with Crippen LogP contribution in [0.25, 0.3) is 11.3 Å². The number of nitrogens with one attached hydrogen (secondary N) is 1. The summed E-state index contributed by atoms with van der Waals surface area (Å²) in [4.78, 5) is 15.7. The molecule has 62 valence electrons. The average Bonchev–Trinajstić information content (AvgIpc) is 2.43. The third-order valence-electron chi connectivity index (χ3n) is 1.74. The second-order valence-electron chi connectivity index (χ2n) is 2.71. The van der Waals surface area contributed by atoms with Gasteiger partial charge in [0.1, 0.15) is 5.82 Å². The maximum Gasteiger partial charge on any atom is 0.197 e. The van der Waals surface area contributed by atoms with Crippen LogP contribution in [0, 0.1) is 6.92 Å². The highest BCUT2D eigenvalue weighted by Gasteiger charge is 2.01. The Kier molecular flexibility index (Phi) is 1.53. The fourth-order valence-electron chi connectivity index (χ4n) is 1.11. The number of aryl methyl sites for hydroxylation is 2. The van der Waals surface area contributed by atoms with Crippen LogP contribution in [0.2, 0.25) is 0 Å². The van der Waals surface area contributed by atoms with Crippen LogP contribution in [-0.4, -0.2) is 19.9 Å². The third-order valence-corrected chi connectivity index (χ3v) is 1.74. The minimum atomic E-state index is 0.699. The van der Waals surface area contributed by atoms with Crippen molar-refractivity contribution in [2.24, 2.45) is 0 Å². The maximum atomic E-state index is 4.33. The zero-order valence-electron chi connectivity index (χ0n) is 7.13. The lowest BCUT2D eigenvalue weighted by Gasteiger charge is -1.91. The van der Waals surface area contributed by atoms with Gasteiger partial charge in [0, 0.05) is 0 Å². The van der Waals surface area contributed by atoms with Crippen LogP contribution >= 0.6 is 0 Å². The fourth-order valence-corrected chi connectivity index (χ4v) is 1.11. The number of nitrogens with zero attached hydrogens (tertiary/aromatic N) is 3. The first-order valence-electron chi connectivity index (χ1n) is 3.98. The molecule has 1 N–H and O–H groups in total. The highest BCUT2D eigenvalue weighted by atomic mass is 15.0. The second-order valence-corrected chi connectivity index (χ2v) is 2.71. The van der Waals surface area contributed by atoms with Gasteiger partial charge in [-0.25, -0.2) is 15.0 Å². The van der Waals surface area contributed by atoms with Crippen molar-refractivity contribution in [3.63, 3.8) is 0 Å². The number of hydrogen-bond donors (Lipinski definition) is 1. The fraction of sp³-hybridized carbons (Fsp3) is 0.375. The molecule has 2 aromatic rings. The molecule has 2 aromatic heterocycles. The van der Waals surface area contributed by atoms with Gasteiger partial charge in [0.15, 0.2) is 11.3 Å². The van der Waals surface area contributed by atoms with Gasteiger partial charge in [-0.1, -0.05) is 6.92 Å². The highest BCUT2D eigenvalue weighted by molar-refractivity contribution is 5.64. The summed E-state index contributed by atoms with van der Waals surface area (Å²) in [6.45, 7) is 3.95. The Bertz CT molecular complexity index is 404. The molecule has 0 spiro atoms. The van der Waals surface area contributed by atoms with Crippen LogP contribution in [-0.2, 0) is 6.42 Å². The summed E-state index contributed by atoms with van der Waals surface area (Å²) >= 11 is 0. The molecule has 2 rings (SSSR count). The summed E-state index contributed by atoms with van der Waals surface area (Å²) in [6, 6.07) is 0. The molecule has 0 aliphatic carbocycles. The molecule has 0 atom stereocenters. The van der Waals surface area contributed by atoms with Crippen molar-refractivity contribution >= 4 is 11.3 Å². The van der Waals surface area contributed by atoms with E-state index in [0.29, 0.717) is 5.65 Å². The standard InChI is InChI=1S/C8H10N4/c1-3-6-4-9-7-8(12-6)11-5(2)10-7/h4H,3H2,1-2H3,(H,9,10,11,12). The predicted molar refractivity (Wildman–Crippen MR) is 45.8 cm³/mol. The van der Waals surface area contributed by atoms with Crippen molar-refractivity contribution in [3.8, 4) is 0 Å². The van der Waals surface area contributed by atoms with E-state index >= 15 is 0 Å². The van der Waals surface area contributed by atoms with Gasteiger partial charge in [0.25, 0.3) is 0 Å². The third kappa shape index (κ3) is 1.05. The van der Waals surface area contributed by atoms with Gasteiger partial charge in [-0.2, -0.15) is 0 Å². The number of imidazole rings is 1. The SMILES string of the molecule is CCc1cnc2nc(C)[nH]c2n1. The molecule has 0 aliphatic heterocycles. The summed E-state index contributed by atoms with van der Waals surface area (Å²) in [5, 5.41) is 0. The Labute approximate surface area is 70.1 Å². The van der Waals surface area contributed by atoms with Crippen molar-refractivity contribution in [1.29, 1.82) is 0 Å². The number of hydrogen-bond acceptors (Lipinski definition) is 3. The van der Waals surface area contributed by atoms with E-state index in [0.717, 1.165) is 23.6 Å². The minimum Gasteiger partial charge on any atom is -0.325 e. The Morgan fingerprint density at radius 2 is 2.25 bits per heavy atom. The molecule has 0 saturated carbocycles. The topological polar surface area (TPSA) is 54.5 Å². The van der Waals surface area contributed by atoms with Crippen molar-refractivity contribution in [3.05, 3.63) is 17.7 Å². The van der Waals surface area contributed by atoms with Gasteiger partial charge in [-0.15, -0.1) is 0 Å². The van der Waals surface area contributed by atoms with Crippen molar-refractivity contribution in [2.75, 3.05) is 0 Å². The molecule has 0 aliphatic rings. The zero-order valence-corrected chi connectivity index (χ0v) is 7.13. The number of H-pyrrole nitrogens is 1. The summed E-state index contributed by atoms with van der Waals surface area (Å²) in [5.41, 5.74) is 2.47. The molecule has 0 fully saturated rings. The Hall–Kier alpha value is -1.45. The van der Waals surface area contributed by atoms with Gasteiger partial charge >= 0.3 is 0 Å². The molecule has 2 heterocycles. The summed E-state index contributed by atoms with van der Waals surface area (Å²) in [5.74, 6) is 0.859. The van der Waals surface area contributed by atoms with E-state index in [1.54, 1.807) is 6.20 Å². The van der Waals surface area contributed by atoms with E-state index in [4.69, 9.17) is 0 Å². The molecule has 4 heteroatoms. The van der Waals surface area contributed by atoms with Gasteiger partial charge < -0.3 is 4.98 Å². The molecule has 12 heavy (non-hydrogen) atoms. The molecular formula is C8H10N4. The number of aromatic nitrogens is 4. The van der Waals surface area contributed by atoms with Gasteiger partial charge in [0.2, 0.25) is 0 Å².